The number of benzene rings is 1. The van der Waals surface area contributed by atoms with Crippen LogP contribution in [0.5, 0.6) is 0 Å². The van der Waals surface area contributed by atoms with Gasteiger partial charge in [0.05, 0.1) is 19.6 Å². The van der Waals surface area contributed by atoms with Crippen molar-refractivity contribution in [2.45, 2.75) is 43.8 Å². The van der Waals surface area contributed by atoms with Crippen molar-refractivity contribution in [1.82, 2.24) is 0 Å². The Balaban J connectivity index is 1.76. The highest BCUT2D eigenvalue weighted by Gasteiger charge is 2.49. The van der Waals surface area contributed by atoms with E-state index >= 15 is 0 Å². The number of hydrogen-bond acceptors (Lipinski definition) is 5. The molecule has 26 heavy (non-hydrogen) atoms. The fourth-order valence-corrected chi connectivity index (χ4v) is 4.48. The van der Waals surface area contributed by atoms with Gasteiger partial charge in [-0.1, -0.05) is 43.2 Å². The summed E-state index contributed by atoms with van der Waals surface area (Å²) in [6.45, 7) is 0.938. The van der Waals surface area contributed by atoms with Crippen LogP contribution in [0.25, 0.3) is 0 Å². The first-order valence-electron chi connectivity index (χ1n) is 9.36. The number of rotatable bonds is 6. The summed E-state index contributed by atoms with van der Waals surface area (Å²) < 4.78 is 5.99. The monoisotopic (exact) mass is 361 g/mol. The second-order valence-corrected chi connectivity index (χ2v) is 7.99. The van der Waals surface area contributed by atoms with Crippen molar-refractivity contribution < 1.29 is 29.0 Å². The molecule has 1 aliphatic carbocycles. The lowest BCUT2D eigenvalue weighted by molar-refractivity contribution is -0.893. The van der Waals surface area contributed by atoms with Crippen LogP contribution in [0.3, 0.4) is 0 Å². The number of aliphatic hydroxyl groups is 1. The Morgan fingerprint density at radius 2 is 1.88 bits per heavy atom. The molecule has 1 saturated carbocycles. The van der Waals surface area contributed by atoms with Crippen molar-refractivity contribution in [2.24, 2.45) is 5.92 Å². The van der Waals surface area contributed by atoms with Gasteiger partial charge < -0.3 is 24.2 Å². The summed E-state index contributed by atoms with van der Waals surface area (Å²) in [5.41, 5.74) is -1.07. The summed E-state index contributed by atoms with van der Waals surface area (Å²) in [5, 5.41) is 22.3. The SMILES string of the molecule is C[N@+]1(CC(=O)[O-])CC[C@H](OC(=O)[C@@](O)(c2ccccc2)C2CCCC2)C1. The maximum Gasteiger partial charge on any atom is 0.343 e. The van der Waals surface area contributed by atoms with E-state index in [1.165, 1.54) is 0 Å². The number of aliphatic carboxylic acids is 1. The molecule has 1 heterocycles. The normalized spacial score (nSPS) is 28.6. The lowest BCUT2D eigenvalue weighted by Gasteiger charge is -2.33. The molecule has 0 spiro atoms. The van der Waals surface area contributed by atoms with Crippen LogP contribution in [0.1, 0.15) is 37.7 Å². The van der Waals surface area contributed by atoms with Gasteiger partial charge in [-0.15, -0.1) is 0 Å². The largest absolute Gasteiger partial charge is 0.544 e. The van der Waals surface area contributed by atoms with E-state index in [1.807, 2.05) is 25.2 Å². The van der Waals surface area contributed by atoms with Crippen LogP contribution in [0.2, 0.25) is 0 Å². The third-order valence-corrected chi connectivity index (χ3v) is 5.89. The van der Waals surface area contributed by atoms with Gasteiger partial charge in [0.25, 0.3) is 0 Å². The van der Waals surface area contributed by atoms with Crippen LogP contribution in [0.4, 0.5) is 0 Å². The van der Waals surface area contributed by atoms with E-state index in [1.54, 1.807) is 12.1 Å². The quantitative estimate of drug-likeness (QED) is 0.592. The van der Waals surface area contributed by atoms with E-state index in [-0.39, 0.29) is 23.0 Å². The number of hydrogen-bond donors (Lipinski definition) is 1. The van der Waals surface area contributed by atoms with Crippen LogP contribution in [0, 0.1) is 5.92 Å². The first kappa shape index (κ1) is 18.9. The Bertz CT molecular complexity index is 657. The molecular formula is C20H27NO5. The minimum absolute atomic E-state index is 0.0976. The number of likely N-dealkylation sites (N-methyl/N-ethyl adjacent to an activating group) is 1. The molecule has 142 valence electrons. The second-order valence-electron chi connectivity index (χ2n) is 7.99. The number of likely N-dealkylation sites (tertiary alicyclic amines) is 1. The molecule has 1 N–H and O–H groups in total. The van der Waals surface area contributed by atoms with Crippen LogP contribution in [-0.4, -0.2) is 54.3 Å². The Labute approximate surface area is 154 Å². The van der Waals surface area contributed by atoms with Crippen molar-refractivity contribution in [2.75, 3.05) is 26.7 Å². The number of quaternary nitrogens is 1. The zero-order valence-corrected chi connectivity index (χ0v) is 15.2. The van der Waals surface area contributed by atoms with Crippen molar-refractivity contribution in [3.63, 3.8) is 0 Å². The Kier molecular flexibility index (Phi) is 5.34. The topological polar surface area (TPSA) is 86.7 Å². The number of carboxylic acid groups (broad SMARTS) is 1. The fraction of sp³-hybridized carbons (Fsp3) is 0.600. The zero-order valence-electron chi connectivity index (χ0n) is 15.2. The molecule has 0 radical (unpaired) electrons. The minimum Gasteiger partial charge on any atom is -0.544 e. The van der Waals surface area contributed by atoms with Crippen molar-refractivity contribution >= 4 is 11.9 Å². The van der Waals surface area contributed by atoms with E-state index in [4.69, 9.17) is 4.74 Å². The lowest BCUT2D eigenvalue weighted by atomic mass is 9.80. The molecule has 1 saturated heterocycles. The van der Waals surface area contributed by atoms with Crippen LogP contribution in [0.15, 0.2) is 30.3 Å². The van der Waals surface area contributed by atoms with Gasteiger partial charge in [-0.2, -0.15) is 0 Å². The predicted molar refractivity (Wildman–Crippen MR) is 92.6 cm³/mol. The molecule has 0 unspecified atom stereocenters. The van der Waals surface area contributed by atoms with Crippen LogP contribution in [-0.2, 0) is 19.9 Å². The maximum atomic E-state index is 13.0. The standard InChI is InChI=1S/C20H27NO5/c1-21(14-18(22)23)12-11-17(13-21)26-19(24)20(25,16-9-5-6-10-16)15-7-3-2-4-8-15/h2-4,7-8,16-17,25H,5-6,9-14H2,1H3/t17-,20+,21-/m0/s1. The number of ether oxygens (including phenoxy) is 1. The van der Waals surface area contributed by atoms with Crippen LogP contribution < -0.4 is 5.11 Å². The van der Waals surface area contributed by atoms with E-state index < -0.39 is 17.5 Å². The predicted octanol–water partition coefficient (Wildman–Crippen LogP) is 0.576. The van der Waals surface area contributed by atoms with Crippen LogP contribution >= 0.6 is 0 Å². The van der Waals surface area contributed by atoms with Gasteiger partial charge in [-0.25, -0.2) is 4.79 Å². The summed E-state index contributed by atoms with van der Waals surface area (Å²) in [7, 11) is 1.82. The molecular weight excluding hydrogens is 334 g/mol. The smallest absolute Gasteiger partial charge is 0.343 e. The zero-order chi connectivity index (χ0) is 18.8. The summed E-state index contributed by atoms with van der Waals surface area (Å²) in [4.78, 5) is 24.0. The number of esters is 1. The summed E-state index contributed by atoms with van der Waals surface area (Å²) in [6, 6.07) is 9.01. The molecule has 3 rings (SSSR count). The van der Waals surface area contributed by atoms with Gasteiger partial charge >= 0.3 is 5.97 Å². The number of nitrogens with zero attached hydrogens (tertiary/aromatic N) is 1. The molecule has 1 aromatic carbocycles. The van der Waals surface area contributed by atoms with E-state index in [9.17, 15) is 19.8 Å². The Morgan fingerprint density at radius 3 is 2.50 bits per heavy atom. The molecule has 0 bridgehead atoms. The maximum absolute atomic E-state index is 13.0. The summed E-state index contributed by atoms with van der Waals surface area (Å²) in [5.74, 6) is -1.86. The number of carboxylic acids is 1. The molecule has 0 aromatic heterocycles. The van der Waals surface area contributed by atoms with E-state index in [0.29, 0.717) is 25.1 Å². The average Bonchev–Trinajstić information content (AvgIpc) is 3.25. The molecule has 1 aliphatic heterocycles. The highest BCUT2D eigenvalue weighted by molar-refractivity contribution is 5.81. The Morgan fingerprint density at radius 1 is 1.23 bits per heavy atom. The number of carbonyl (C=O) groups is 2. The molecule has 2 fully saturated rings. The molecule has 6 nitrogen and oxygen atoms in total. The van der Waals surface area contributed by atoms with Gasteiger partial charge in [0.1, 0.15) is 13.1 Å². The minimum atomic E-state index is -1.64. The van der Waals surface area contributed by atoms with Gasteiger partial charge in [-0.05, 0) is 18.4 Å². The van der Waals surface area contributed by atoms with E-state index in [0.717, 1.165) is 25.7 Å². The van der Waals surface area contributed by atoms with Gasteiger partial charge in [0, 0.05) is 12.3 Å². The number of carbonyl (C=O) groups excluding carboxylic acids is 2. The first-order chi connectivity index (χ1) is 12.3. The molecule has 6 heteroatoms. The Hall–Kier alpha value is -1.92. The van der Waals surface area contributed by atoms with Crippen molar-refractivity contribution in [1.29, 1.82) is 0 Å². The highest BCUT2D eigenvalue weighted by Crippen LogP contribution is 2.42. The second kappa shape index (κ2) is 7.37. The molecule has 0 amide bonds. The van der Waals surface area contributed by atoms with Gasteiger partial charge in [-0.3, -0.25) is 0 Å². The lowest BCUT2D eigenvalue weighted by Crippen LogP contribution is -2.51. The van der Waals surface area contributed by atoms with Crippen molar-refractivity contribution in [3.8, 4) is 0 Å². The summed E-state index contributed by atoms with van der Waals surface area (Å²) in [6.07, 6.45) is 3.79. The van der Waals surface area contributed by atoms with E-state index in [2.05, 4.69) is 0 Å². The highest BCUT2D eigenvalue weighted by atomic mass is 16.6. The first-order valence-corrected chi connectivity index (χ1v) is 9.36. The average molecular weight is 361 g/mol. The third-order valence-electron chi connectivity index (χ3n) is 5.89. The van der Waals surface area contributed by atoms with Crippen molar-refractivity contribution in [3.05, 3.63) is 35.9 Å². The third kappa shape index (κ3) is 3.76. The molecule has 1 aromatic rings. The fourth-order valence-electron chi connectivity index (χ4n) is 4.48. The van der Waals surface area contributed by atoms with Gasteiger partial charge in [0.15, 0.2) is 11.7 Å². The molecule has 2 aliphatic rings. The van der Waals surface area contributed by atoms with Gasteiger partial charge in [0.2, 0.25) is 0 Å². The summed E-state index contributed by atoms with van der Waals surface area (Å²) >= 11 is 0. The molecule has 3 atom stereocenters.